The Labute approximate surface area is 325 Å². The molecule has 1 aromatic carbocycles. The Bertz CT molecular complexity index is 1890. The first-order valence-electron chi connectivity index (χ1n) is 16.9. The highest BCUT2D eigenvalue weighted by atomic mass is 35.5. The minimum Gasteiger partial charge on any atom is -0.493 e. The van der Waals surface area contributed by atoms with Crippen LogP contribution in [0, 0.1) is 0 Å². The molecule has 20 heteroatoms. The van der Waals surface area contributed by atoms with Crippen molar-refractivity contribution in [1.82, 2.24) is 29.1 Å². The molecule has 3 aromatic rings. The molecule has 0 aliphatic carbocycles. The highest BCUT2D eigenvalue weighted by molar-refractivity contribution is 7.85. The van der Waals surface area contributed by atoms with E-state index in [-0.39, 0.29) is 53.1 Å². The highest BCUT2D eigenvalue weighted by Crippen LogP contribution is 2.35. The number of halogens is 2. The Morgan fingerprint density at radius 3 is 2.04 bits per heavy atom. The first-order valence-corrected chi connectivity index (χ1v) is 19.0. The number of ether oxygens (including phenoxy) is 4. The van der Waals surface area contributed by atoms with Crippen LogP contribution in [0.4, 0.5) is 20.2 Å². The van der Waals surface area contributed by atoms with Crippen LogP contribution in [0.3, 0.4) is 0 Å². The van der Waals surface area contributed by atoms with Gasteiger partial charge in [0, 0.05) is 12.1 Å². The van der Waals surface area contributed by atoms with E-state index in [1.165, 1.54) is 12.7 Å². The average molecular weight is 819 g/mol. The number of imidazole rings is 1. The SMILES string of the molecule is CN(C)C[C@@H](CCCOc1ccc(Cl)c(Cl)c1Cn1cnc2c(N(C(=O)OC(C)(C)C)C(=O)OC(C)(C)C)ncnc21)OS(=O)(=O)NC(=O)OC(C)(C)C. The zero-order valence-corrected chi connectivity index (χ0v) is 34.7. The van der Waals surface area contributed by atoms with Crippen LogP contribution in [0.15, 0.2) is 24.8 Å². The number of rotatable bonds is 13. The fourth-order valence-electron chi connectivity index (χ4n) is 4.71. The lowest BCUT2D eigenvalue weighted by molar-refractivity contribution is 0.0427. The Hall–Kier alpha value is -3.97. The van der Waals surface area contributed by atoms with Gasteiger partial charge in [-0.2, -0.15) is 18.0 Å². The average Bonchev–Trinajstić information content (AvgIpc) is 3.38. The summed E-state index contributed by atoms with van der Waals surface area (Å²) in [6, 6.07) is 3.21. The number of carbonyl (C=O) groups is 3. The first kappa shape index (κ1) is 44.4. The van der Waals surface area contributed by atoms with Crippen LogP contribution < -0.4 is 14.4 Å². The van der Waals surface area contributed by atoms with Crippen molar-refractivity contribution in [2.45, 2.75) is 105 Å². The van der Waals surface area contributed by atoms with Gasteiger partial charge in [-0.15, -0.1) is 0 Å². The van der Waals surface area contributed by atoms with Gasteiger partial charge in [-0.25, -0.2) is 33.5 Å². The van der Waals surface area contributed by atoms with Gasteiger partial charge in [0.15, 0.2) is 17.0 Å². The van der Waals surface area contributed by atoms with Crippen molar-refractivity contribution < 1.29 is 45.9 Å². The molecule has 1 atom stereocenters. The second-order valence-electron chi connectivity index (χ2n) is 15.4. The van der Waals surface area contributed by atoms with E-state index >= 15 is 0 Å². The fraction of sp³-hybridized carbons (Fsp3) is 0.588. The van der Waals surface area contributed by atoms with Gasteiger partial charge in [-0.1, -0.05) is 23.2 Å². The number of nitrogens with one attached hydrogen (secondary N) is 1. The van der Waals surface area contributed by atoms with Crippen molar-refractivity contribution in [3.8, 4) is 5.75 Å². The third kappa shape index (κ3) is 13.7. The van der Waals surface area contributed by atoms with E-state index in [0.29, 0.717) is 22.6 Å². The number of likely N-dealkylation sites (N-methyl/N-ethyl adjacent to an activating group) is 1. The molecule has 3 amide bonds. The summed E-state index contributed by atoms with van der Waals surface area (Å²) in [7, 11) is -0.978. The molecule has 0 aliphatic rings. The first-order chi connectivity index (χ1) is 24.7. The Morgan fingerprint density at radius 2 is 1.48 bits per heavy atom. The van der Waals surface area contributed by atoms with Crippen LogP contribution in [-0.2, 0) is 35.2 Å². The van der Waals surface area contributed by atoms with Crippen molar-refractivity contribution in [2.24, 2.45) is 0 Å². The number of anilines is 1. The number of hydrogen-bond acceptors (Lipinski definition) is 14. The van der Waals surface area contributed by atoms with Gasteiger partial charge in [0.05, 0.1) is 35.6 Å². The molecule has 0 fully saturated rings. The van der Waals surface area contributed by atoms with E-state index in [1.807, 2.05) is 0 Å². The maximum atomic E-state index is 13.3. The quantitative estimate of drug-likeness (QED) is 0.141. The summed E-state index contributed by atoms with van der Waals surface area (Å²) in [6.45, 7) is 15.1. The summed E-state index contributed by atoms with van der Waals surface area (Å²) in [5.41, 5.74) is -2.00. The van der Waals surface area contributed by atoms with Gasteiger partial charge in [0.1, 0.15) is 28.9 Å². The molecule has 54 heavy (non-hydrogen) atoms. The molecule has 0 saturated heterocycles. The van der Waals surface area contributed by atoms with Gasteiger partial charge >= 0.3 is 28.6 Å². The molecule has 300 valence electrons. The van der Waals surface area contributed by atoms with Crippen LogP contribution in [0.5, 0.6) is 5.75 Å². The Balaban J connectivity index is 1.84. The summed E-state index contributed by atoms with van der Waals surface area (Å²) in [5.74, 6) is 0.211. The molecule has 1 N–H and O–H groups in total. The normalized spacial score (nSPS) is 13.1. The van der Waals surface area contributed by atoms with Crippen molar-refractivity contribution in [3.05, 3.63) is 40.4 Å². The van der Waals surface area contributed by atoms with Crippen LogP contribution >= 0.6 is 23.2 Å². The van der Waals surface area contributed by atoms with Gasteiger partial charge in [-0.3, -0.25) is 0 Å². The van der Waals surface area contributed by atoms with Crippen molar-refractivity contribution in [2.75, 3.05) is 32.1 Å². The van der Waals surface area contributed by atoms with E-state index in [2.05, 4.69) is 15.0 Å². The molecule has 0 spiro atoms. The van der Waals surface area contributed by atoms with Crippen molar-refractivity contribution >= 4 is 68.8 Å². The minimum absolute atomic E-state index is 0.0432. The molecule has 3 rings (SSSR count). The lowest BCUT2D eigenvalue weighted by atomic mass is 10.2. The zero-order valence-electron chi connectivity index (χ0n) is 32.4. The molecule has 2 heterocycles. The topological polar surface area (TPSA) is 194 Å². The van der Waals surface area contributed by atoms with Gasteiger partial charge in [0.25, 0.3) is 0 Å². The molecule has 0 unspecified atom stereocenters. The van der Waals surface area contributed by atoms with Crippen molar-refractivity contribution in [1.29, 1.82) is 0 Å². The van der Waals surface area contributed by atoms with Gasteiger partial charge in [0.2, 0.25) is 0 Å². The Kier molecular flexibility index (Phi) is 14.5. The molecule has 0 aliphatic heterocycles. The lowest BCUT2D eigenvalue weighted by Crippen LogP contribution is -2.44. The fourth-order valence-corrected chi connectivity index (χ4v) is 5.91. The number of fused-ring (bicyclic) bond motifs is 1. The number of amides is 3. The standard InChI is InChI=1S/C34H49Cl2N7O10S/c1-32(2,3)50-29(44)40-54(47,48)53-21(17-41(10)11)13-12-16-49-24-15-14-23(35)25(36)22(24)18-42-20-39-26-27(42)37-19-38-28(26)43(30(45)51-33(4,5)6)31(46)52-34(7,8)9/h14-15,19-21H,12-13,16-18H2,1-11H3,(H,40,44)/t21-/m1/s1. The second-order valence-corrected chi connectivity index (χ2v) is 17.5. The van der Waals surface area contributed by atoms with E-state index in [9.17, 15) is 22.8 Å². The Morgan fingerprint density at radius 1 is 0.889 bits per heavy atom. The summed E-state index contributed by atoms with van der Waals surface area (Å²) in [5, 5.41) is 0.449. The molecule has 17 nitrogen and oxygen atoms in total. The largest absolute Gasteiger partial charge is 0.493 e. The molecule has 0 bridgehead atoms. The van der Waals surface area contributed by atoms with E-state index in [1.54, 1.807) is 103 Å². The van der Waals surface area contributed by atoms with Crippen LogP contribution in [-0.4, -0.2) is 101 Å². The maximum Gasteiger partial charge on any atom is 0.425 e. The third-order valence-corrected chi connectivity index (χ3v) is 8.38. The summed E-state index contributed by atoms with van der Waals surface area (Å²) in [4.78, 5) is 54.1. The maximum absolute atomic E-state index is 13.3. The third-order valence-electron chi connectivity index (χ3n) is 6.59. The minimum atomic E-state index is -4.48. The van der Waals surface area contributed by atoms with Crippen molar-refractivity contribution in [3.63, 3.8) is 0 Å². The predicted octanol–water partition coefficient (Wildman–Crippen LogP) is 6.73. The lowest BCUT2D eigenvalue weighted by Gasteiger charge is -2.28. The number of nitrogens with zero attached hydrogens (tertiary/aromatic N) is 6. The summed E-state index contributed by atoms with van der Waals surface area (Å²) in [6.07, 6.45) is -0.838. The predicted molar refractivity (Wildman–Crippen MR) is 202 cm³/mol. The number of benzene rings is 1. The van der Waals surface area contributed by atoms with E-state index in [0.717, 1.165) is 0 Å². The monoisotopic (exact) mass is 817 g/mol. The van der Waals surface area contributed by atoms with Crippen LogP contribution in [0.2, 0.25) is 10.0 Å². The summed E-state index contributed by atoms with van der Waals surface area (Å²) < 4.78 is 56.0. The second kappa shape index (κ2) is 17.7. The molecular weight excluding hydrogens is 769 g/mol. The number of imide groups is 1. The van der Waals surface area contributed by atoms with Crippen LogP contribution in [0.25, 0.3) is 11.2 Å². The van der Waals surface area contributed by atoms with Gasteiger partial charge < -0.3 is 28.4 Å². The van der Waals surface area contributed by atoms with Crippen LogP contribution in [0.1, 0.15) is 80.7 Å². The smallest absolute Gasteiger partial charge is 0.425 e. The molecule has 0 radical (unpaired) electrons. The highest BCUT2D eigenvalue weighted by Gasteiger charge is 2.36. The molecule has 2 aromatic heterocycles. The van der Waals surface area contributed by atoms with E-state index in [4.69, 9.17) is 46.3 Å². The number of hydrogen-bond donors (Lipinski definition) is 1. The molecular formula is C34H49Cl2N7O10S. The number of aromatic nitrogens is 4. The van der Waals surface area contributed by atoms with Gasteiger partial charge in [-0.05, 0) is 101 Å². The summed E-state index contributed by atoms with van der Waals surface area (Å²) >= 11 is 13.1. The van der Waals surface area contributed by atoms with E-state index < -0.39 is 51.5 Å². The zero-order chi connectivity index (χ0) is 40.8. The number of carbonyl (C=O) groups excluding carboxylic acids is 3. The molecule has 0 saturated carbocycles.